The fourth-order valence-electron chi connectivity index (χ4n) is 4.21. The topological polar surface area (TPSA) is 59.8 Å². The molecule has 3 heterocycles. The molecule has 0 aliphatic carbocycles. The lowest BCUT2D eigenvalue weighted by molar-refractivity contribution is 0.0483. The molecular weight excluding hydrogens is 380 g/mol. The highest BCUT2D eigenvalue weighted by Gasteiger charge is 2.44. The Labute approximate surface area is 164 Å². The van der Waals surface area contributed by atoms with Gasteiger partial charge >= 0.3 is 0 Å². The van der Waals surface area contributed by atoms with Crippen LogP contribution in [0.4, 0.5) is 8.78 Å². The number of benzene rings is 2. The number of hydrogen-bond donors (Lipinski definition) is 0. The molecule has 5 rings (SSSR count). The van der Waals surface area contributed by atoms with Crippen LogP contribution in [0.5, 0.6) is 0 Å². The van der Waals surface area contributed by atoms with E-state index in [2.05, 4.69) is 0 Å². The third kappa shape index (κ3) is 2.84. The minimum Gasteiger partial charge on any atom is -0.450 e. The number of carbonyl (C=O) groups excluding carboxylic acids is 1. The highest BCUT2D eigenvalue weighted by atomic mass is 19.1. The van der Waals surface area contributed by atoms with E-state index in [-0.39, 0.29) is 40.5 Å². The number of halogens is 2. The van der Waals surface area contributed by atoms with Crippen LogP contribution in [-0.2, 0) is 4.74 Å². The standard InChI is InChI=1S/C22H17F2NO4/c23-12-7-8-17-15(10-12)20(26)18-19(14-5-1-2-6-16(14)24)25(22(27)21(18)29-17)11-13-4-3-9-28-13/h1-2,5-8,10,13,19H,3-4,9,11H2/t13-,19+/m0/s1. The first-order valence-corrected chi connectivity index (χ1v) is 9.48. The Kier molecular flexibility index (Phi) is 4.20. The Hall–Kier alpha value is -3.06. The Morgan fingerprint density at radius 1 is 1.10 bits per heavy atom. The van der Waals surface area contributed by atoms with E-state index in [1.54, 1.807) is 18.2 Å². The van der Waals surface area contributed by atoms with Crippen LogP contribution in [0.2, 0.25) is 0 Å². The maximum atomic E-state index is 14.7. The van der Waals surface area contributed by atoms with Crippen molar-refractivity contribution in [1.29, 1.82) is 0 Å². The number of hydrogen-bond acceptors (Lipinski definition) is 4. The molecule has 2 aromatic carbocycles. The third-order valence-electron chi connectivity index (χ3n) is 5.55. The number of ether oxygens (including phenoxy) is 1. The first-order chi connectivity index (χ1) is 14.0. The van der Waals surface area contributed by atoms with Crippen LogP contribution in [0.3, 0.4) is 0 Å². The fraction of sp³-hybridized carbons (Fsp3) is 0.273. The smallest absolute Gasteiger partial charge is 0.291 e. The first-order valence-electron chi connectivity index (χ1n) is 9.48. The normalized spacial score (nSPS) is 21.2. The Morgan fingerprint density at radius 2 is 1.93 bits per heavy atom. The van der Waals surface area contributed by atoms with E-state index in [4.69, 9.17) is 9.15 Å². The molecule has 29 heavy (non-hydrogen) atoms. The highest BCUT2D eigenvalue weighted by Crippen LogP contribution is 2.39. The molecule has 3 aromatic rings. The highest BCUT2D eigenvalue weighted by molar-refractivity contribution is 5.99. The van der Waals surface area contributed by atoms with Gasteiger partial charge in [-0.2, -0.15) is 0 Å². The van der Waals surface area contributed by atoms with Crippen LogP contribution >= 0.6 is 0 Å². The van der Waals surface area contributed by atoms with Crippen molar-refractivity contribution < 1.29 is 22.7 Å². The minimum atomic E-state index is -0.952. The van der Waals surface area contributed by atoms with Crippen molar-refractivity contribution in [3.8, 4) is 0 Å². The van der Waals surface area contributed by atoms with Crippen molar-refractivity contribution in [2.24, 2.45) is 0 Å². The Balaban J connectivity index is 1.74. The zero-order chi connectivity index (χ0) is 20.1. The molecule has 1 amide bonds. The van der Waals surface area contributed by atoms with E-state index in [9.17, 15) is 18.4 Å². The van der Waals surface area contributed by atoms with Gasteiger partial charge in [0.25, 0.3) is 5.91 Å². The third-order valence-corrected chi connectivity index (χ3v) is 5.55. The van der Waals surface area contributed by atoms with Gasteiger partial charge in [0, 0.05) is 18.7 Å². The molecule has 7 heteroatoms. The summed E-state index contributed by atoms with van der Waals surface area (Å²) in [5, 5.41) is 0.0249. The van der Waals surface area contributed by atoms with Gasteiger partial charge in [0.2, 0.25) is 5.76 Å². The maximum absolute atomic E-state index is 14.7. The lowest BCUT2D eigenvalue weighted by Crippen LogP contribution is -2.36. The van der Waals surface area contributed by atoms with E-state index < -0.39 is 29.0 Å². The lowest BCUT2D eigenvalue weighted by Gasteiger charge is -2.27. The molecule has 5 nitrogen and oxygen atoms in total. The SMILES string of the molecule is O=C1c2oc3ccc(F)cc3c(=O)c2[C@@H](c2ccccc2F)N1C[C@@H]1CCCO1. The fourth-order valence-corrected chi connectivity index (χ4v) is 4.21. The van der Waals surface area contributed by atoms with Gasteiger partial charge in [0.15, 0.2) is 5.43 Å². The zero-order valence-corrected chi connectivity index (χ0v) is 15.4. The molecule has 0 saturated carbocycles. The summed E-state index contributed by atoms with van der Waals surface area (Å²) in [5.41, 5.74) is -0.177. The number of nitrogens with zero attached hydrogens (tertiary/aromatic N) is 1. The van der Waals surface area contributed by atoms with Gasteiger partial charge < -0.3 is 14.1 Å². The van der Waals surface area contributed by atoms with Crippen LogP contribution in [0.25, 0.3) is 11.0 Å². The molecule has 0 spiro atoms. The van der Waals surface area contributed by atoms with Gasteiger partial charge in [0.05, 0.1) is 23.1 Å². The second kappa shape index (κ2) is 6.77. The lowest BCUT2D eigenvalue weighted by atomic mass is 9.98. The van der Waals surface area contributed by atoms with E-state index in [1.807, 2.05) is 0 Å². The zero-order valence-electron chi connectivity index (χ0n) is 15.4. The van der Waals surface area contributed by atoms with Crippen molar-refractivity contribution in [3.05, 3.63) is 81.2 Å². The van der Waals surface area contributed by atoms with E-state index >= 15 is 0 Å². The molecule has 0 bridgehead atoms. The summed E-state index contributed by atoms with van der Waals surface area (Å²) in [6, 6.07) is 8.62. The number of carbonyl (C=O) groups is 1. The van der Waals surface area contributed by atoms with Crippen molar-refractivity contribution in [2.75, 3.05) is 13.2 Å². The van der Waals surface area contributed by atoms with Gasteiger partial charge in [-0.3, -0.25) is 9.59 Å². The summed E-state index contributed by atoms with van der Waals surface area (Å²) in [6.07, 6.45) is 1.47. The monoisotopic (exact) mass is 397 g/mol. The number of rotatable bonds is 3. The van der Waals surface area contributed by atoms with E-state index in [0.717, 1.165) is 25.0 Å². The molecule has 148 valence electrons. The van der Waals surface area contributed by atoms with Gasteiger partial charge in [-0.15, -0.1) is 0 Å². The average molecular weight is 397 g/mol. The first kappa shape index (κ1) is 18.0. The van der Waals surface area contributed by atoms with Crippen LogP contribution in [0, 0.1) is 11.6 Å². The Morgan fingerprint density at radius 3 is 2.69 bits per heavy atom. The molecule has 1 fully saturated rings. The van der Waals surface area contributed by atoms with E-state index in [0.29, 0.717) is 6.61 Å². The predicted octanol–water partition coefficient (Wildman–Crippen LogP) is 3.80. The summed E-state index contributed by atoms with van der Waals surface area (Å²) in [4.78, 5) is 27.8. The van der Waals surface area contributed by atoms with Crippen molar-refractivity contribution in [3.63, 3.8) is 0 Å². The summed E-state index contributed by atoms with van der Waals surface area (Å²) in [6.45, 7) is 0.816. The average Bonchev–Trinajstić information content (AvgIpc) is 3.31. The second-order valence-corrected chi connectivity index (χ2v) is 7.33. The summed E-state index contributed by atoms with van der Waals surface area (Å²) in [5.74, 6) is -1.74. The summed E-state index contributed by atoms with van der Waals surface area (Å²) >= 11 is 0. The van der Waals surface area contributed by atoms with Crippen molar-refractivity contribution in [2.45, 2.75) is 25.0 Å². The molecule has 0 radical (unpaired) electrons. The molecule has 1 aromatic heterocycles. The molecule has 2 aliphatic rings. The largest absolute Gasteiger partial charge is 0.450 e. The van der Waals surface area contributed by atoms with Crippen LogP contribution < -0.4 is 5.43 Å². The molecule has 0 N–H and O–H groups in total. The van der Waals surface area contributed by atoms with Crippen LogP contribution in [0.15, 0.2) is 51.7 Å². The Bertz CT molecular complexity index is 1180. The molecular formula is C22H17F2NO4. The molecule has 2 atom stereocenters. The second-order valence-electron chi connectivity index (χ2n) is 7.33. The molecule has 2 aliphatic heterocycles. The minimum absolute atomic E-state index is 0.0249. The van der Waals surface area contributed by atoms with Gasteiger partial charge in [-0.25, -0.2) is 8.78 Å². The maximum Gasteiger partial charge on any atom is 0.291 e. The molecule has 1 saturated heterocycles. The van der Waals surface area contributed by atoms with Crippen molar-refractivity contribution in [1.82, 2.24) is 4.90 Å². The van der Waals surface area contributed by atoms with Gasteiger partial charge in [-0.05, 0) is 37.1 Å². The quantitative estimate of drug-likeness (QED) is 0.675. The number of amides is 1. The van der Waals surface area contributed by atoms with Gasteiger partial charge in [0.1, 0.15) is 17.2 Å². The summed E-state index contributed by atoms with van der Waals surface area (Å²) in [7, 11) is 0. The summed E-state index contributed by atoms with van der Waals surface area (Å²) < 4.78 is 39.8. The predicted molar refractivity (Wildman–Crippen MR) is 101 cm³/mol. The molecule has 0 unspecified atom stereocenters. The van der Waals surface area contributed by atoms with Crippen molar-refractivity contribution >= 4 is 16.9 Å². The van der Waals surface area contributed by atoms with Gasteiger partial charge in [-0.1, -0.05) is 18.2 Å². The number of fused-ring (bicyclic) bond motifs is 2. The van der Waals surface area contributed by atoms with Crippen LogP contribution in [0.1, 0.15) is 40.6 Å². The van der Waals surface area contributed by atoms with E-state index in [1.165, 1.54) is 17.0 Å². The van der Waals surface area contributed by atoms with Crippen LogP contribution in [-0.4, -0.2) is 30.1 Å².